The number of amides is 1. The molecular weight excluding hydrogens is 330 g/mol. The summed E-state index contributed by atoms with van der Waals surface area (Å²) in [5.74, 6) is 0.554. The lowest BCUT2D eigenvalue weighted by atomic mass is 10.3. The first kappa shape index (κ1) is 16.4. The SMILES string of the molecule is O=C(NCCCn1nnc2ccccc21)c1cnc(N2CCCC2)nc1. The van der Waals surface area contributed by atoms with E-state index in [4.69, 9.17) is 0 Å². The van der Waals surface area contributed by atoms with E-state index < -0.39 is 0 Å². The Morgan fingerprint density at radius 3 is 2.69 bits per heavy atom. The van der Waals surface area contributed by atoms with Crippen molar-refractivity contribution < 1.29 is 4.79 Å². The van der Waals surface area contributed by atoms with Gasteiger partial charge in [0.2, 0.25) is 5.95 Å². The number of aromatic nitrogens is 5. The molecule has 0 saturated carbocycles. The van der Waals surface area contributed by atoms with Crippen LogP contribution >= 0.6 is 0 Å². The summed E-state index contributed by atoms with van der Waals surface area (Å²) in [6, 6.07) is 7.84. The number of para-hydroxylation sites is 1. The highest BCUT2D eigenvalue weighted by atomic mass is 16.1. The molecule has 8 heteroatoms. The summed E-state index contributed by atoms with van der Waals surface area (Å²) in [5.41, 5.74) is 2.37. The van der Waals surface area contributed by atoms with E-state index >= 15 is 0 Å². The van der Waals surface area contributed by atoms with Crippen LogP contribution in [0.3, 0.4) is 0 Å². The van der Waals surface area contributed by atoms with Crippen molar-refractivity contribution in [3.8, 4) is 0 Å². The van der Waals surface area contributed by atoms with E-state index in [1.807, 2.05) is 28.9 Å². The molecule has 8 nitrogen and oxygen atoms in total. The van der Waals surface area contributed by atoms with Crippen LogP contribution in [0.5, 0.6) is 0 Å². The predicted octanol–water partition coefficient (Wildman–Crippen LogP) is 1.64. The Hall–Kier alpha value is -3.03. The van der Waals surface area contributed by atoms with Crippen molar-refractivity contribution in [3.05, 3.63) is 42.2 Å². The largest absolute Gasteiger partial charge is 0.352 e. The summed E-state index contributed by atoms with van der Waals surface area (Å²) in [6.45, 7) is 3.23. The Morgan fingerprint density at radius 2 is 1.88 bits per heavy atom. The standard InChI is InChI=1S/C18H21N7O/c26-17(14-12-20-18(21-13-14)24-9-3-4-10-24)19-8-5-11-25-16-7-2-1-6-15(16)22-23-25/h1-2,6-7,12-13H,3-5,8-11H2,(H,19,26). The Balaban J connectivity index is 1.27. The van der Waals surface area contributed by atoms with Crippen LogP contribution < -0.4 is 10.2 Å². The highest BCUT2D eigenvalue weighted by Gasteiger charge is 2.15. The molecule has 1 aromatic carbocycles. The maximum atomic E-state index is 12.2. The normalized spacial score (nSPS) is 14.1. The Labute approximate surface area is 151 Å². The fraction of sp³-hybridized carbons (Fsp3) is 0.389. The summed E-state index contributed by atoms with van der Waals surface area (Å²) in [7, 11) is 0. The molecule has 0 unspecified atom stereocenters. The van der Waals surface area contributed by atoms with Gasteiger partial charge in [-0.25, -0.2) is 14.6 Å². The number of carbonyl (C=O) groups is 1. The number of nitrogens with zero attached hydrogens (tertiary/aromatic N) is 6. The Kier molecular flexibility index (Phi) is 4.72. The number of benzene rings is 1. The number of hydrogen-bond donors (Lipinski definition) is 1. The van der Waals surface area contributed by atoms with Crippen molar-refractivity contribution in [2.24, 2.45) is 0 Å². The molecule has 1 amide bonds. The molecule has 2 aromatic heterocycles. The van der Waals surface area contributed by atoms with Gasteiger partial charge in [0.15, 0.2) is 0 Å². The molecule has 1 aliphatic heterocycles. The molecule has 0 spiro atoms. The average Bonchev–Trinajstić information content (AvgIpc) is 3.35. The van der Waals surface area contributed by atoms with E-state index in [0.717, 1.165) is 30.5 Å². The summed E-state index contributed by atoms with van der Waals surface area (Å²) < 4.78 is 1.86. The first-order valence-electron chi connectivity index (χ1n) is 8.95. The van der Waals surface area contributed by atoms with Gasteiger partial charge < -0.3 is 10.2 Å². The summed E-state index contributed by atoms with van der Waals surface area (Å²) in [6.07, 6.45) is 6.31. The number of fused-ring (bicyclic) bond motifs is 1. The van der Waals surface area contributed by atoms with Gasteiger partial charge in [-0.3, -0.25) is 4.79 Å². The molecule has 3 aromatic rings. The second-order valence-corrected chi connectivity index (χ2v) is 6.38. The minimum absolute atomic E-state index is 0.151. The van der Waals surface area contributed by atoms with Gasteiger partial charge in [0.05, 0.1) is 11.1 Å². The molecule has 1 saturated heterocycles. The second kappa shape index (κ2) is 7.47. The highest BCUT2D eigenvalue weighted by molar-refractivity contribution is 5.93. The van der Waals surface area contributed by atoms with Crippen molar-refractivity contribution in [2.45, 2.75) is 25.8 Å². The lowest BCUT2D eigenvalue weighted by molar-refractivity contribution is 0.0952. The number of hydrogen-bond acceptors (Lipinski definition) is 6. The Morgan fingerprint density at radius 1 is 1.12 bits per heavy atom. The number of rotatable bonds is 6. The van der Waals surface area contributed by atoms with Gasteiger partial charge in [-0.1, -0.05) is 17.3 Å². The van der Waals surface area contributed by atoms with Crippen LogP contribution in [0, 0.1) is 0 Å². The topological polar surface area (TPSA) is 88.8 Å². The molecular formula is C18H21N7O. The zero-order valence-electron chi connectivity index (χ0n) is 14.5. The van der Waals surface area contributed by atoms with Crippen LogP contribution in [-0.4, -0.2) is 50.5 Å². The number of nitrogens with one attached hydrogen (secondary N) is 1. The van der Waals surface area contributed by atoms with Crippen LogP contribution in [0.4, 0.5) is 5.95 Å². The average molecular weight is 351 g/mol. The fourth-order valence-corrected chi connectivity index (χ4v) is 3.13. The van der Waals surface area contributed by atoms with Gasteiger partial charge in [-0.15, -0.1) is 5.10 Å². The lowest BCUT2D eigenvalue weighted by Gasteiger charge is -2.14. The van der Waals surface area contributed by atoms with E-state index in [9.17, 15) is 4.79 Å². The van der Waals surface area contributed by atoms with Crippen LogP contribution in [0.15, 0.2) is 36.7 Å². The number of carbonyl (C=O) groups excluding carboxylic acids is 1. The van der Waals surface area contributed by atoms with E-state index in [-0.39, 0.29) is 5.91 Å². The maximum Gasteiger partial charge on any atom is 0.254 e. The quantitative estimate of drug-likeness (QED) is 0.679. The van der Waals surface area contributed by atoms with Crippen molar-refractivity contribution >= 4 is 22.9 Å². The second-order valence-electron chi connectivity index (χ2n) is 6.38. The van der Waals surface area contributed by atoms with Crippen molar-refractivity contribution in [3.63, 3.8) is 0 Å². The minimum Gasteiger partial charge on any atom is -0.352 e. The van der Waals surface area contributed by atoms with Crippen molar-refractivity contribution in [2.75, 3.05) is 24.5 Å². The zero-order chi connectivity index (χ0) is 17.8. The van der Waals surface area contributed by atoms with Crippen LogP contribution in [-0.2, 0) is 6.54 Å². The third-order valence-electron chi connectivity index (χ3n) is 4.54. The van der Waals surface area contributed by atoms with Gasteiger partial charge >= 0.3 is 0 Å². The van der Waals surface area contributed by atoms with Gasteiger partial charge in [-0.05, 0) is 31.4 Å². The van der Waals surface area contributed by atoms with Gasteiger partial charge in [0.1, 0.15) is 5.52 Å². The van der Waals surface area contributed by atoms with E-state index in [1.54, 1.807) is 12.4 Å². The minimum atomic E-state index is -0.151. The predicted molar refractivity (Wildman–Crippen MR) is 98.0 cm³/mol. The summed E-state index contributed by atoms with van der Waals surface area (Å²) in [4.78, 5) is 23.0. The van der Waals surface area contributed by atoms with Crippen molar-refractivity contribution in [1.82, 2.24) is 30.3 Å². The molecule has 1 aliphatic rings. The third kappa shape index (κ3) is 3.49. The first-order valence-corrected chi connectivity index (χ1v) is 8.95. The highest BCUT2D eigenvalue weighted by Crippen LogP contribution is 2.14. The van der Waals surface area contributed by atoms with E-state index in [2.05, 4.69) is 30.5 Å². The molecule has 0 radical (unpaired) electrons. The fourth-order valence-electron chi connectivity index (χ4n) is 3.13. The molecule has 0 aliphatic carbocycles. The van der Waals surface area contributed by atoms with Gasteiger partial charge in [-0.2, -0.15) is 0 Å². The summed E-state index contributed by atoms with van der Waals surface area (Å²) >= 11 is 0. The molecule has 0 bridgehead atoms. The van der Waals surface area contributed by atoms with E-state index in [0.29, 0.717) is 24.6 Å². The molecule has 26 heavy (non-hydrogen) atoms. The molecule has 3 heterocycles. The zero-order valence-corrected chi connectivity index (χ0v) is 14.5. The van der Waals surface area contributed by atoms with E-state index in [1.165, 1.54) is 12.8 Å². The molecule has 134 valence electrons. The first-order chi connectivity index (χ1) is 12.8. The Bertz CT molecular complexity index is 884. The van der Waals surface area contributed by atoms with Crippen LogP contribution in [0.25, 0.3) is 11.0 Å². The molecule has 0 atom stereocenters. The third-order valence-corrected chi connectivity index (χ3v) is 4.54. The maximum absolute atomic E-state index is 12.2. The number of aryl methyl sites for hydroxylation is 1. The van der Waals surface area contributed by atoms with Crippen LogP contribution in [0.2, 0.25) is 0 Å². The van der Waals surface area contributed by atoms with Gasteiger partial charge in [0.25, 0.3) is 5.91 Å². The molecule has 1 N–H and O–H groups in total. The summed E-state index contributed by atoms with van der Waals surface area (Å²) in [5, 5.41) is 11.2. The monoisotopic (exact) mass is 351 g/mol. The smallest absolute Gasteiger partial charge is 0.254 e. The van der Waals surface area contributed by atoms with Crippen LogP contribution in [0.1, 0.15) is 29.6 Å². The lowest BCUT2D eigenvalue weighted by Crippen LogP contribution is -2.26. The van der Waals surface area contributed by atoms with Gasteiger partial charge in [0, 0.05) is 38.6 Å². The van der Waals surface area contributed by atoms with Crippen molar-refractivity contribution in [1.29, 1.82) is 0 Å². The molecule has 4 rings (SSSR count). The number of anilines is 1. The molecule has 1 fully saturated rings.